The number of halogens is 1. The quantitative estimate of drug-likeness (QED) is 0.842. The molecular weight excluding hydrogens is 225 g/mol. The van der Waals surface area contributed by atoms with Crippen LogP contribution in [0.4, 0.5) is 4.39 Å². The Hall–Kier alpha value is -0.890. The largest absolute Gasteiger partial charge is 0.313 e. The monoisotopic (exact) mass is 249 g/mol. The third-order valence-corrected chi connectivity index (χ3v) is 4.52. The molecule has 0 saturated heterocycles. The summed E-state index contributed by atoms with van der Waals surface area (Å²) < 4.78 is 13.4. The summed E-state index contributed by atoms with van der Waals surface area (Å²) in [6.45, 7) is 4.35. The van der Waals surface area contributed by atoms with Gasteiger partial charge in [-0.25, -0.2) is 4.39 Å². The molecule has 1 saturated carbocycles. The number of benzene rings is 1. The zero-order valence-electron chi connectivity index (χ0n) is 11.7. The van der Waals surface area contributed by atoms with Gasteiger partial charge in [0, 0.05) is 6.04 Å². The maximum atomic E-state index is 13.4. The predicted molar refractivity (Wildman–Crippen MR) is 74.1 cm³/mol. The first-order valence-corrected chi connectivity index (χ1v) is 7.09. The standard InChI is InChI=1S/C16H24FN/c1-4-12-6-7-13(9-12)16(18-3)15-10-14(17)8-5-11(15)2/h5,8,10,12-13,16,18H,4,6-7,9H2,1-3H3. The van der Waals surface area contributed by atoms with E-state index in [2.05, 4.69) is 19.2 Å². The summed E-state index contributed by atoms with van der Waals surface area (Å²) in [6.07, 6.45) is 5.14. The average Bonchev–Trinajstić information content (AvgIpc) is 2.83. The van der Waals surface area contributed by atoms with Gasteiger partial charge in [-0.2, -0.15) is 0 Å². The molecule has 0 aliphatic heterocycles. The molecule has 1 nitrogen and oxygen atoms in total. The second kappa shape index (κ2) is 5.83. The fourth-order valence-corrected chi connectivity index (χ4v) is 3.38. The van der Waals surface area contributed by atoms with Crippen molar-refractivity contribution in [2.75, 3.05) is 7.05 Å². The van der Waals surface area contributed by atoms with Gasteiger partial charge in [-0.05, 0) is 61.9 Å². The van der Waals surface area contributed by atoms with Crippen molar-refractivity contribution in [3.05, 3.63) is 35.1 Å². The molecule has 1 N–H and O–H groups in total. The Balaban J connectivity index is 2.20. The highest BCUT2D eigenvalue weighted by atomic mass is 19.1. The van der Waals surface area contributed by atoms with Crippen LogP contribution in [0.1, 0.15) is 49.8 Å². The van der Waals surface area contributed by atoms with E-state index >= 15 is 0 Å². The number of hydrogen-bond acceptors (Lipinski definition) is 1. The van der Waals surface area contributed by atoms with E-state index in [4.69, 9.17) is 0 Å². The molecule has 1 aliphatic carbocycles. The average molecular weight is 249 g/mol. The molecule has 2 rings (SSSR count). The van der Waals surface area contributed by atoms with Crippen LogP contribution in [0.15, 0.2) is 18.2 Å². The molecule has 1 aliphatic rings. The van der Waals surface area contributed by atoms with Gasteiger partial charge in [-0.1, -0.05) is 25.8 Å². The Kier molecular flexibility index (Phi) is 4.39. The maximum Gasteiger partial charge on any atom is 0.123 e. The smallest absolute Gasteiger partial charge is 0.123 e. The molecule has 0 heterocycles. The van der Waals surface area contributed by atoms with E-state index in [-0.39, 0.29) is 5.82 Å². The number of hydrogen-bond donors (Lipinski definition) is 1. The summed E-state index contributed by atoms with van der Waals surface area (Å²) >= 11 is 0. The number of rotatable bonds is 4. The highest BCUT2D eigenvalue weighted by Crippen LogP contribution is 2.40. The first-order chi connectivity index (χ1) is 8.65. The lowest BCUT2D eigenvalue weighted by atomic mass is 9.88. The third kappa shape index (κ3) is 2.74. The maximum absolute atomic E-state index is 13.4. The summed E-state index contributed by atoms with van der Waals surface area (Å²) in [5.74, 6) is 1.39. The fourth-order valence-electron chi connectivity index (χ4n) is 3.38. The lowest BCUT2D eigenvalue weighted by Gasteiger charge is -2.25. The van der Waals surface area contributed by atoms with Gasteiger partial charge >= 0.3 is 0 Å². The molecule has 3 atom stereocenters. The van der Waals surface area contributed by atoms with Crippen LogP contribution in [0.25, 0.3) is 0 Å². The first-order valence-electron chi connectivity index (χ1n) is 7.09. The molecule has 1 aromatic rings. The highest BCUT2D eigenvalue weighted by molar-refractivity contribution is 5.30. The second-order valence-electron chi connectivity index (χ2n) is 5.61. The zero-order chi connectivity index (χ0) is 13.1. The summed E-state index contributed by atoms with van der Waals surface area (Å²) in [6, 6.07) is 5.45. The molecule has 0 bridgehead atoms. The van der Waals surface area contributed by atoms with Gasteiger partial charge in [0.2, 0.25) is 0 Å². The Morgan fingerprint density at radius 3 is 2.78 bits per heavy atom. The minimum Gasteiger partial charge on any atom is -0.313 e. The van der Waals surface area contributed by atoms with Crippen LogP contribution in [0.3, 0.4) is 0 Å². The van der Waals surface area contributed by atoms with Crippen molar-refractivity contribution in [1.29, 1.82) is 0 Å². The van der Waals surface area contributed by atoms with E-state index < -0.39 is 0 Å². The second-order valence-corrected chi connectivity index (χ2v) is 5.61. The third-order valence-electron chi connectivity index (χ3n) is 4.52. The van der Waals surface area contributed by atoms with Crippen molar-refractivity contribution >= 4 is 0 Å². The molecule has 0 spiro atoms. The van der Waals surface area contributed by atoms with Gasteiger partial charge in [-0.15, -0.1) is 0 Å². The van der Waals surface area contributed by atoms with Crippen molar-refractivity contribution in [3.63, 3.8) is 0 Å². The van der Waals surface area contributed by atoms with E-state index in [1.54, 1.807) is 12.1 Å². The Morgan fingerprint density at radius 2 is 2.17 bits per heavy atom. The number of aryl methyl sites for hydroxylation is 1. The summed E-state index contributed by atoms with van der Waals surface area (Å²) in [5, 5.41) is 3.41. The summed E-state index contributed by atoms with van der Waals surface area (Å²) in [5.41, 5.74) is 2.33. The highest BCUT2D eigenvalue weighted by Gasteiger charge is 2.30. The van der Waals surface area contributed by atoms with Crippen LogP contribution < -0.4 is 5.32 Å². The van der Waals surface area contributed by atoms with Crippen LogP contribution in [-0.2, 0) is 0 Å². The zero-order valence-corrected chi connectivity index (χ0v) is 11.7. The number of nitrogens with one attached hydrogen (secondary N) is 1. The van der Waals surface area contributed by atoms with Crippen molar-refractivity contribution in [2.45, 2.75) is 45.6 Å². The minimum atomic E-state index is -0.124. The molecule has 0 amide bonds. The molecule has 1 aromatic carbocycles. The Morgan fingerprint density at radius 1 is 1.39 bits per heavy atom. The van der Waals surface area contributed by atoms with E-state index in [1.165, 1.54) is 31.2 Å². The predicted octanol–water partition coefficient (Wildman–Crippen LogP) is 4.22. The minimum absolute atomic E-state index is 0.124. The molecule has 100 valence electrons. The van der Waals surface area contributed by atoms with Crippen LogP contribution in [-0.4, -0.2) is 7.05 Å². The van der Waals surface area contributed by atoms with Crippen LogP contribution in [0.5, 0.6) is 0 Å². The lowest BCUT2D eigenvalue weighted by molar-refractivity contribution is 0.370. The van der Waals surface area contributed by atoms with Gasteiger partial charge in [0.15, 0.2) is 0 Å². The SMILES string of the molecule is CCC1CCC(C(NC)c2cc(F)ccc2C)C1. The van der Waals surface area contributed by atoms with Crippen molar-refractivity contribution < 1.29 is 4.39 Å². The van der Waals surface area contributed by atoms with Gasteiger partial charge < -0.3 is 5.32 Å². The van der Waals surface area contributed by atoms with Crippen molar-refractivity contribution in [2.24, 2.45) is 11.8 Å². The van der Waals surface area contributed by atoms with E-state index in [1.807, 2.05) is 13.1 Å². The van der Waals surface area contributed by atoms with Crippen LogP contribution in [0, 0.1) is 24.6 Å². The first kappa shape index (κ1) is 13.5. The normalized spacial score (nSPS) is 25.3. The molecule has 3 unspecified atom stereocenters. The molecular formula is C16H24FN. The van der Waals surface area contributed by atoms with E-state index in [0.29, 0.717) is 12.0 Å². The van der Waals surface area contributed by atoms with Gasteiger partial charge in [0.05, 0.1) is 0 Å². The van der Waals surface area contributed by atoms with E-state index in [9.17, 15) is 4.39 Å². The molecule has 1 fully saturated rings. The summed E-state index contributed by atoms with van der Waals surface area (Å²) in [4.78, 5) is 0. The lowest BCUT2D eigenvalue weighted by Crippen LogP contribution is -2.24. The van der Waals surface area contributed by atoms with Gasteiger partial charge in [0.1, 0.15) is 5.82 Å². The Labute approximate surface area is 110 Å². The van der Waals surface area contributed by atoms with Crippen LogP contribution in [0.2, 0.25) is 0 Å². The summed E-state index contributed by atoms with van der Waals surface area (Å²) in [7, 11) is 1.99. The van der Waals surface area contributed by atoms with Crippen LogP contribution >= 0.6 is 0 Å². The topological polar surface area (TPSA) is 12.0 Å². The molecule has 0 aromatic heterocycles. The molecule has 0 radical (unpaired) electrons. The van der Waals surface area contributed by atoms with Crippen molar-refractivity contribution in [3.8, 4) is 0 Å². The molecule has 18 heavy (non-hydrogen) atoms. The Bertz CT molecular complexity index is 402. The van der Waals surface area contributed by atoms with Crippen molar-refractivity contribution in [1.82, 2.24) is 5.32 Å². The fraction of sp³-hybridized carbons (Fsp3) is 0.625. The molecule has 2 heteroatoms. The van der Waals surface area contributed by atoms with E-state index in [0.717, 1.165) is 11.5 Å². The van der Waals surface area contributed by atoms with Gasteiger partial charge in [0.25, 0.3) is 0 Å². The van der Waals surface area contributed by atoms with Gasteiger partial charge in [-0.3, -0.25) is 0 Å².